The molecule has 0 amide bonds. The molecule has 1 aliphatic rings. The van der Waals surface area contributed by atoms with Crippen LogP contribution in [-0.4, -0.2) is 43.8 Å². The van der Waals surface area contributed by atoms with E-state index >= 15 is 0 Å². The van der Waals surface area contributed by atoms with E-state index in [1.54, 1.807) is 10.9 Å². The van der Waals surface area contributed by atoms with Crippen LogP contribution in [0.2, 0.25) is 0 Å². The molecule has 28 heavy (non-hydrogen) atoms. The van der Waals surface area contributed by atoms with Crippen molar-refractivity contribution in [2.24, 2.45) is 0 Å². The van der Waals surface area contributed by atoms with E-state index in [1.165, 1.54) is 12.1 Å². The second kappa shape index (κ2) is 6.93. The average Bonchev–Trinajstić information content (AvgIpc) is 3.29. The molecular formula is C18H19F3N6O. The molecule has 1 unspecified atom stereocenters. The SMILES string of the molecule is Nc1nc(N2CCCC2CO)nc2c1ncn2Cc1ccc(C(F)(F)F)cc1. The van der Waals surface area contributed by atoms with Crippen LogP contribution in [0.25, 0.3) is 11.2 Å². The molecule has 3 N–H and O–H groups in total. The smallest absolute Gasteiger partial charge is 0.394 e. The number of nitrogen functional groups attached to an aromatic ring is 1. The van der Waals surface area contributed by atoms with Crippen molar-refractivity contribution in [1.82, 2.24) is 19.5 Å². The number of anilines is 2. The minimum Gasteiger partial charge on any atom is -0.394 e. The minimum absolute atomic E-state index is 0.00607. The Kier molecular flexibility index (Phi) is 4.58. The molecule has 1 saturated heterocycles. The van der Waals surface area contributed by atoms with Gasteiger partial charge in [0, 0.05) is 6.54 Å². The van der Waals surface area contributed by atoms with Gasteiger partial charge >= 0.3 is 6.18 Å². The number of fused-ring (bicyclic) bond motifs is 1. The van der Waals surface area contributed by atoms with Crippen LogP contribution >= 0.6 is 0 Å². The summed E-state index contributed by atoms with van der Waals surface area (Å²) in [6.45, 7) is 1.03. The number of nitrogens with two attached hydrogens (primary N) is 1. The highest BCUT2D eigenvalue weighted by Gasteiger charge is 2.30. The lowest BCUT2D eigenvalue weighted by Gasteiger charge is -2.23. The van der Waals surface area contributed by atoms with Gasteiger partial charge in [-0.15, -0.1) is 0 Å². The van der Waals surface area contributed by atoms with Crippen LogP contribution in [0.5, 0.6) is 0 Å². The normalized spacial score (nSPS) is 17.6. The Morgan fingerprint density at radius 3 is 2.61 bits per heavy atom. The van der Waals surface area contributed by atoms with Crippen LogP contribution in [0, 0.1) is 0 Å². The predicted octanol–water partition coefficient (Wildman–Crippen LogP) is 2.44. The number of aliphatic hydroxyl groups is 1. The molecule has 0 saturated carbocycles. The number of nitrogens with zero attached hydrogens (tertiary/aromatic N) is 5. The van der Waals surface area contributed by atoms with Gasteiger partial charge in [-0.05, 0) is 30.5 Å². The molecule has 1 atom stereocenters. The van der Waals surface area contributed by atoms with Crippen LogP contribution in [0.1, 0.15) is 24.0 Å². The Morgan fingerprint density at radius 1 is 1.18 bits per heavy atom. The summed E-state index contributed by atoms with van der Waals surface area (Å²) in [5.74, 6) is 0.658. The van der Waals surface area contributed by atoms with Gasteiger partial charge in [-0.1, -0.05) is 12.1 Å². The number of hydrogen-bond donors (Lipinski definition) is 2. The summed E-state index contributed by atoms with van der Waals surface area (Å²) < 4.78 is 39.9. The van der Waals surface area contributed by atoms with Gasteiger partial charge in [-0.3, -0.25) is 0 Å². The quantitative estimate of drug-likeness (QED) is 0.709. The summed E-state index contributed by atoms with van der Waals surface area (Å²) >= 11 is 0. The van der Waals surface area contributed by atoms with Crippen molar-refractivity contribution < 1.29 is 18.3 Å². The first-order valence-corrected chi connectivity index (χ1v) is 8.89. The van der Waals surface area contributed by atoms with Gasteiger partial charge in [-0.25, -0.2) is 4.98 Å². The number of halogens is 3. The van der Waals surface area contributed by atoms with Gasteiger partial charge in [0.1, 0.15) is 5.52 Å². The van der Waals surface area contributed by atoms with Gasteiger partial charge in [0.05, 0.1) is 31.1 Å². The average molecular weight is 392 g/mol. The molecule has 4 rings (SSSR count). The summed E-state index contributed by atoms with van der Waals surface area (Å²) in [6, 6.07) is 4.92. The second-order valence-corrected chi connectivity index (χ2v) is 6.82. The lowest BCUT2D eigenvalue weighted by molar-refractivity contribution is -0.137. The maximum Gasteiger partial charge on any atom is 0.416 e. The fourth-order valence-electron chi connectivity index (χ4n) is 3.48. The lowest BCUT2D eigenvalue weighted by atomic mass is 10.1. The van der Waals surface area contributed by atoms with Crippen LogP contribution in [-0.2, 0) is 12.7 Å². The van der Waals surface area contributed by atoms with E-state index in [0.29, 0.717) is 29.2 Å². The number of rotatable bonds is 4. The van der Waals surface area contributed by atoms with Gasteiger partial charge in [0.25, 0.3) is 0 Å². The van der Waals surface area contributed by atoms with Crippen molar-refractivity contribution in [3.63, 3.8) is 0 Å². The van der Waals surface area contributed by atoms with Crippen LogP contribution in [0.4, 0.5) is 24.9 Å². The van der Waals surface area contributed by atoms with Crippen molar-refractivity contribution in [1.29, 1.82) is 0 Å². The van der Waals surface area contributed by atoms with E-state index in [2.05, 4.69) is 15.0 Å². The van der Waals surface area contributed by atoms with E-state index < -0.39 is 11.7 Å². The van der Waals surface area contributed by atoms with Gasteiger partial charge in [0.2, 0.25) is 5.95 Å². The fourth-order valence-corrected chi connectivity index (χ4v) is 3.48. The highest BCUT2D eigenvalue weighted by atomic mass is 19.4. The van der Waals surface area contributed by atoms with Gasteiger partial charge < -0.3 is 20.3 Å². The van der Waals surface area contributed by atoms with Crippen molar-refractivity contribution in [3.05, 3.63) is 41.7 Å². The molecule has 148 valence electrons. The Bertz CT molecular complexity index is 985. The van der Waals surface area contributed by atoms with Crippen LogP contribution < -0.4 is 10.6 Å². The van der Waals surface area contributed by atoms with Crippen molar-refractivity contribution >= 4 is 22.9 Å². The molecule has 1 aliphatic heterocycles. The molecular weight excluding hydrogens is 373 g/mol. The maximum absolute atomic E-state index is 12.7. The zero-order chi connectivity index (χ0) is 19.9. The summed E-state index contributed by atoms with van der Waals surface area (Å²) in [5.41, 5.74) is 6.98. The molecule has 7 nitrogen and oxygen atoms in total. The standard InChI is InChI=1S/C18H19F3N6O/c19-18(20,21)12-5-3-11(4-6-12)8-26-10-23-14-15(22)24-17(25-16(14)26)27-7-1-2-13(27)9-28/h3-6,10,13,28H,1-2,7-9H2,(H2,22,24,25). The third-order valence-corrected chi connectivity index (χ3v) is 4.96. The van der Waals surface area contributed by atoms with E-state index in [0.717, 1.165) is 31.5 Å². The Hall–Kier alpha value is -2.88. The largest absolute Gasteiger partial charge is 0.416 e. The number of hydrogen-bond acceptors (Lipinski definition) is 6. The number of aromatic nitrogens is 4. The molecule has 1 fully saturated rings. The number of benzene rings is 1. The van der Waals surface area contributed by atoms with Crippen molar-refractivity contribution in [3.8, 4) is 0 Å². The zero-order valence-corrected chi connectivity index (χ0v) is 14.9. The maximum atomic E-state index is 12.7. The number of imidazole rings is 1. The molecule has 0 spiro atoms. The number of alkyl halides is 3. The van der Waals surface area contributed by atoms with E-state index in [4.69, 9.17) is 5.73 Å². The first-order chi connectivity index (χ1) is 13.4. The van der Waals surface area contributed by atoms with Gasteiger partial charge in [0.15, 0.2) is 11.5 Å². The molecule has 0 radical (unpaired) electrons. The van der Waals surface area contributed by atoms with Gasteiger partial charge in [-0.2, -0.15) is 23.1 Å². The topological polar surface area (TPSA) is 93.1 Å². The molecule has 3 aromatic rings. The second-order valence-electron chi connectivity index (χ2n) is 6.82. The summed E-state index contributed by atoms with van der Waals surface area (Å²) in [7, 11) is 0. The number of aliphatic hydroxyl groups excluding tert-OH is 1. The molecule has 0 aliphatic carbocycles. The Morgan fingerprint density at radius 2 is 1.93 bits per heavy atom. The monoisotopic (exact) mass is 392 g/mol. The highest BCUT2D eigenvalue weighted by molar-refractivity contribution is 5.83. The van der Waals surface area contributed by atoms with Crippen LogP contribution in [0.3, 0.4) is 0 Å². The molecule has 10 heteroatoms. The molecule has 1 aromatic carbocycles. The van der Waals surface area contributed by atoms with Crippen molar-refractivity contribution in [2.45, 2.75) is 31.6 Å². The summed E-state index contributed by atoms with van der Waals surface area (Å²) in [4.78, 5) is 15.1. The summed E-state index contributed by atoms with van der Waals surface area (Å²) in [6.07, 6.45) is -1.04. The van der Waals surface area contributed by atoms with Crippen LogP contribution in [0.15, 0.2) is 30.6 Å². The first kappa shape index (κ1) is 18.5. The highest BCUT2D eigenvalue weighted by Crippen LogP contribution is 2.30. The zero-order valence-electron chi connectivity index (χ0n) is 14.9. The van der Waals surface area contributed by atoms with E-state index in [1.807, 2.05) is 4.90 Å². The van der Waals surface area contributed by atoms with E-state index in [9.17, 15) is 18.3 Å². The molecule has 3 heterocycles. The fraction of sp³-hybridized carbons (Fsp3) is 0.389. The van der Waals surface area contributed by atoms with Crippen molar-refractivity contribution in [2.75, 3.05) is 23.8 Å². The third kappa shape index (κ3) is 3.35. The Labute approximate surface area is 158 Å². The third-order valence-electron chi connectivity index (χ3n) is 4.96. The lowest BCUT2D eigenvalue weighted by Crippen LogP contribution is -2.33. The predicted molar refractivity (Wildman–Crippen MR) is 97.7 cm³/mol. The van der Waals surface area contributed by atoms with E-state index in [-0.39, 0.29) is 18.5 Å². The summed E-state index contributed by atoms with van der Waals surface area (Å²) in [5, 5.41) is 9.54. The molecule has 2 aromatic heterocycles. The first-order valence-electron chi connectivity index (χ1n) is 8.89. The minimum atomic E-state index is -4.37. The Balaban J connectivity index is 1.66. The molecule has 0 bridgehead atoms.